The predicted molar refractivity (Wildman–Crippen MR) is 125 cm³/mol. The number of benzene rings is 1. The highest BCUT2D eigenvalue weighted by Gasteiger charge is 2.30. The van der Waals surface area contributed by atoms with Crippen molar-refractivity contribution in [2.45, 2.75) is 58.5 Å². The Morgan fingerprint density at radius 2 is 1.88 bits per heavy atom. The summed E-state index contributed by atoms with van der Waals surface area (Å²) in [4.78, 5) is 31.7. The van der Waals surface area contributed by atoms with E-state index in [-0.39, 0.29) is 11.8 Å². The van der Waals surface area contributed by atoms with Crippen LogP contribution in [0.2, 0.25) is 0 Å². The SMILES string of the molecule is CCN(Cc1ccccc1)C(=O)C1CCN(c2ncnc3c2nc2n3CCCCC2)CC1. The first-order valence-corrected chi connectivity index (χ1v) is 12.0. The summed E-state index contributed by atoms with van der Waals surface area (Å²) in [5, 5.41) is 0. The van der Waals surface area contributed by atoms with Gasteiger partial charge in [-0.3, -0.25) is 4.79 Å². The minimum Gasteiger partial charge on any atom is -0.355 e. The molecule has 0 atom stereocenters. The molecule has 1 aromatic carbocycles. The molecule has 4 heterocycles. The van der Waals surface area contributed by atoms with Crippen molar-refractivity contribution in [3.63, 3.8) is 0 Å². The molecule has 3 aromatic rings. The Labute approximate surface area is 189 Å². The summed E-state index contributed by atoms with van der Waals surface area (Å²) in [5.74, 6) is 2.42. The number of hydrogen-bond donors (Lipinski definition) is 0. The number of nitrogens with zero attached hydrogens (tertiary/aromatic N) is 6. The van der Waals surface area contributed by atoms with Gasteiger partial charge in [0.25, 0.3) is 0 Å². The third-order valence-electron chi connectivity index (χ3n) is 6.93. The van der Waals surface area contributed by atoms with Crippen LogP contribution in [-0.2, 0) is 24.3 Å². The van der Waals surface area contributed by atoms with Crippen molar-refractivity contribution >= 4 is 22.9 Å². The van der Waals surface area contributed by atoms with Crippen LogP contribution in [0.15, 0.2) is 36.7 Å². The molecule has 32 heavy (non-hydrogen) atoms. The number of anilines is 1. The lowest BCUT2D eigenvalue weighted by Gasteiger charge is -2.34. The second-order valence-electron chi connectivity index (χ2n) is 8.96. The summed E-state index contributed by atoms with van der Waals surface area (Å²) in [5.41, 5.74) is 3.07. The van der Waals surface area contributed by atoms with Gasteiger partial charge in [-0.2, -0.15) is 0 Å². The van der Waals surface area contributed by atoms with Crippen molar-refractivity contribution in [1.29, 1.82) is 0 Å². The molecule has 0 radical (unpaired) electrons. The molecule has 0 unspecified atom stereocenters. The van der Waals surface area contributed by atoms with Crippen LogP contribution in [-0.4, -0.2) is 50.0 Å². The molecule has 1 fully saturated rings. The molecule has 0 aliphatic carbocycles. The second kappa shape index (κ2) is 9.27. The van der Waals surface area contributed by atoms with Gasteiger partial charge in [-0.1, -0.05) is 36.8 Å². The Morgan fingerprint density at radius 3 is 2.66 bits per heavy atom. The van der Waals surface area contributed by atoms with Crippen LogP contribution in [0.1, 0.15) is 50.4 Å². The molecule has 2 aromatic heterocycles. The average Bonchev–Trinajstić information content (AvgIpc) is 3.03. The fourth-order valence-electron chi connectivity index (χ4n) is 5.10. The molecule has 1 saturated heterocycles. The lowest BCUT2D eigenvalue weighted by atomic mass is 9.95. The van der Waals surface area contributed by atoms with Gasteiger partial charge >= 0.3 is 0 Å². The fourth-order valence-corrected chi connectivity index (χ4v) is 5.10. The Kier molecular flexibility index (Phi) is 6.06. The van der Waals surface area contributed by atoms with Crippen LogP contribution in [0.5, 0.6) is 0 Å². The highest BCUT2D eigenvalue weighted by atomic mass is 16.2. The highest BCUT2D eigenvalue weighted by molar-refractivity contribution is 5.84. The average molecular weight is 433 g/mol. The molecule has 0 bridgehead atoms. The number of carbonyl (C=O) groups is 1. The third-order valence-corrected chi connectivity index (χ3v) is 6.93. The number of piperidine rings is 1. The quantitative estimate of drug-likeness (QED) is 0.613. The van der Waals surface area contributed by atoms with Crippen LogP contribution in [0.4, 0.5) is 5.82 Å². The first-order valence-electron chi connectivity index (χ1n) is 12.0. The lowest BCUT2D eigenvalue weighted by molar-refractivity contribution is -0.136. The Hall–Kier alpha value is -2.96. The first-order chi connectivity index (χ1) is 15.7. The lowest BCUT2D eigenvalue weighted by Crippen LogP contribution is -2.42. The molecule has 2 aliphatic heterocycles. The Balaban J connectivity index is 1.28. The molecule has 5 rings (SSSR count). The summed E-state index contributed by atoms with van der Waals surface area (Å²) >= 11 is 0. The molecule has 0 spiro atoms. The van der Waals surface area contributed by atoms with E-state index in [1.807, 2.05) is 23.1 Å². The van der Waals surface area contributed by atoms with Gasteiger partial charge in [0, 0.05) is 45.1 Å². The third kappa shape index (κ3) is 4.08. The van der Waals surface area contributed by atoms with E-state index in [0.29, 0.717) is 6.54 Å². The maximum absolute atomic E-state index is 13.2. The summed E-state index contributed by atoms with van der Waals surface area (Å²) in [6.07, 6.45) is 8.02. The highest BCUT2D eigenvalue weighted by Crippen LogP contribution is 2.30. The molecule has 1 amide bonds. The van der Waals surface area contributed by atoms with E-state index < -0.39 is 0 Å². The number of amides is 1. The van der Waals surface area contributed by atoms with Crippen molar-refractivity contribution in [3.8, 4) is 0 Å². The van der Waals surface area contributed by atoms with Gasteiger partial charge < -0.3 is 14.4 Å². The van der Waals surface area contributed by atoms with Gasteiger partial charge in [0.1, 0.15) is 12.2 Å². The van der Waals surface area contributed by atoms with Crippen molar-refractivity contribution in [2.75, 3.05) is 24.5 Å². The number of fused-ring (bicyclic) bond motifs is 3. The van der Waals surface area contributed by atoms with Gasteiger partial charge in [0.05, 0.1) is 0 Å². The van der Waals surface area contributed by atoms with E-state index in [0.717, 1.165) is 68.2 Å². The summed E-state index contributed by atoms with van der Waals surface area (Å²) in [6, 6.07) is 10.3. The van der Waals surface area contributed by atoms with Gasteiger partial charge in [-0.25, -0.2) is 15.0 Å². The van der Waals surface area contributed by atoms with Crippen LogP contribution in [0.3, 0.4) is 0 Å². The Morgan fingerprint density at radius 1 is 1.06 bits per heavy atom. The number of aryl methyl sites for hydroxylation is 2. The van der Waals surface area contributed by atoms with Gasteiger partial charge in [-0.05, 0) is 38.2 Å². The van der Waals surface area contributed by atoms with E-state index in [1.54, 1.807) is 6.33 Å². The van der Waals surface area contributed by atoms with Crippen LogP contribution in [0, 0.1) is 5.92 Å². The molecule has 7 heteroatoms. The zero-order valence-electron chi connectivity index (χ0n) is 18.9. The number of carbonyl (C=O) groups excluding carboxylic acids is 1. The maximum Gasteiger partial charge on any atom is 0.226 e. The van der Waals surface area contributed by atoms with Crippen molar-refractivity contribution < 1.29 is 4.79 Å². The van der Waals surface area contributed by atoms with E-state index in [2.05, 4.69) is 38.5 Å². The van der Waals surface area contributed by atoms with E-state index in [4.69, 9.17) is 4.98 Å². The molecule has 0 N–H and O–H groups in total. The molecular formula is C25H32N6O. The van der Waals surface area contributed by atoms with Crippen LogP contribution >= 0.6 is 0 Å². The molecule has 168 valence electrons. The first kappa shape index (κ1) is 20.9. The number of rotatable bonds is 5. The fraction of sp³-hybridized carbons (Fsp3) is 0.520. The van der Waals surface area contributed by atoms with Crippen LogP contribution in [0.25, 0.3) is 11.2 Å². The summed E-state index contributed by atoms with van der Waals surface area (Å²) in [7, 11) is 0. The van der Waals surface area contributed by atoms with Crippen LogP contribution < -0.4 is 4.90 Å². The van der Waals surface area contributed by atoms with E-state index >= 15 is 0 Å². The van der Waals surface area contributed by atoms with Gasteiger partial charge in [0.2, 0.25) is 5.91 Å². The smallest absolute Gasteiger partial charge is 0.226 e. The summed E-state index contributed by atoms with van der Waals surface area (Å²) < 4.78 is 2.28. The standard InChI is InChI=1S/C25H32N6O/c1-2-29(17-19-9-5-3-6-10-19)25(32)20-12-15-30(16-13-20)23-22-24(27-18-26-23)31-14-8-4-7-11-21(31)28-22/h3,5-6,9-10,18,20H,2,4,7-8,11-17H2,1H3. The number of imidazole rings is 1. The van der Waals surface area contributed by atoms with Gasteiger partial charge in [-0.15, -0.1) is 0 Å². The zero-order chi connectivity index (χ0) is 21.9. The second-order valence-corrected chi connectivity index (χ2v) is 8.96. The topological polar surface area (TPSA) is 67.2 Å². The van der Waals surface area contributed by atoms with Crippen molar-refractivity contribution in [3.05, 3.63) is 48.0 Å². The summed E-state index contributed by atoms with van der Waals surface area (Å²) in [6.45, 7) is 6.13. The zero-order valence-corrected chi connectivity index (χ0v) is 18.9. The number of aromatic nitrogens is 4. The van der Waals surface area contributed by atoms with Crippen molar-refractivity contribution in [1.82, 2.24) is 24.4 Å². The monoisotopic (exact) mass is 432 g/mol. The van der Waals surface area contributed by atoms with Crippen molar-refractivity contribution in [2.24, 2.45) is 5.92 Å². The number of hydrogen-bond acceptors (Lipinski definition) is 5. The maximum atomic E-state index is 13.2. The largest absolute Gasteiger partial charge is 0.355 e. The normalized spacial score (nSPS) is 17.2. The van der Waals surface area contributed by atoms with E-state index in [1.165, 1.54) is 24.8 Å². The van der Waals surface area contributed by atoms with Gasteiger partial charge in [0.15, 0.2) is 17.0 Å². The van der Waals surface area contributed by atoms with E-state index in [9.17, 15) is 4.79 Å². The molecule has 2 aliphatic rings. The molecule has 7 nitrogen and oxygen atoms in total. The minimum absolute atomic E-state index is 0.0750. The molecule has 0 saturated carbocycles. The Bertz CT molecular complexity index is 1070. The predicted octanol–water partition coefficient (Wildman–Crippen LogP) is 3.82. The minimum atomic E-state index is 0.0750. The molecular weight excluding hydrogens is 400 g/mol.